The summed E-state index contributed by atoms with van der Waals surface area (Å²) in [6.07, 6.45) is 0. The summed E-state index contributed by atoms with van der Waals surface area (Å²) in [5.41, 5.74) is 8.77. The number of nitrogens with zero attached hydrogens (tertiary/aromatic N) is 5. The SMILES string of the molecule is c1ccc(-c2nn(-c3ccccc3)c3c2c(-c2ccccc2)c(-c2nc(-c4ccc5ccccc5c4)nc(-c4ccc5ccccc5c4)n2)c2ccccc23)cc1. The van der Waals surface area contributed by atoms with Crippen molar-refractivity contribution in [3.8, 4) is 62.2 Å². The first-order valence-electron chi connectivity index (χ1n) is 19.2. The molecule has 57 heavy (non-hydrogen) atoms. The van der Waals surface area contributed by atoms with Crippen LogP contribution in [-0.2, 0) is 0 Å². The quantitative estimate of drug-likeness (QED) is 0.171. The van der Waals surface area contributed by atoms with Gasteiger partial charge < -0.3 is 0 Å². The van der Waals surface area contributed by atoms with Crippen LogP contribution in [0.15, 0.2) is 200 Å². The normalized spacial score (nSPS) is 11.5. The second-order valence-electron chi connectivity index (χ2n) is 14.3. The zero-order chi connectivity index (χ0) is 37.7. The van der Waals surface area contributed by atoms with Gasteiger partial charge in [0.1, 0.15) is 5.69 Å². The highest BCUT2D eigenvalue weighted by Crippen LogP contribution is 2.48. The van der Waals surface area contributed by atoms with Crippen LogP contribution in [0.4, 0.5) is 0 Å². The Balaban J connectivity index is 1.30. The Morgan fingerprint density at radius 2 is 0.807 bits per heavy atom. The average molecular weight is 728 g/mol. The molecule has 9 aromatic carbocycles. The number of rotatable bonds is 6. The third kappa shape index (κ3) is 5.64. The van der Waals surface area contributed by atoms with E-state index >= 15 is 0 Å². The Hall–Kier alpha value is -7.76. The van der Waals surface area contributed by atoms with Crippen LogP contribution < -0.4 is 0 Å². The highest BCUT2D eigenvalue weighted by molar-refractivity contribution is 6.23. The lowest BCUT2D eigenvalue weighted by Gasteiger charge is -2.18. The van der Waals surface area contributed by atoms with Gasteiger partial charge in [-0.15, -0.1) is 0 Å². The number of benzene rings is 9. The third-order valence-electron chi connectivity index (χ3n) is 10.8. The second kappa shape index (κ2) is 13.5. The van der Waals surface area contributed by atoms with Gasteiger partial charge in [0.2, 0.25) is 0 Å². The van der Waals surface area contributed by atoms with E-state index in [1.54, 1.807) is 0 Å². The first kappa shape index (κ1) is 32.7. The third-order valence-corrected chi connectivity index (χ3v) is 10.8. The molecule has 266 valence electrons. The van der Waals surface area contributed by atoms with E-state index in [0.717, 1.165) is 88.0 Å². The minimum atomic E-state index is 0.597. The summed E-state index contributed by atoms with van der Waals surface area (Å²) in [5, 5.41) is 13.2. The molecule has 11 aromatic rings. The Morgan fingerprint density at radius 3 is 1.40 bits per heavy atom. The fraction of sp³-hybridized carbons (Fsp3) is 0. The molecule has 0 atom stereocenters. The molecule has 0 radical (unpaired) electrons. The maximum Gasteiger partial charge on any atom is 0.165 e. The largest absolute Gasteiger partial charge is 0.232 e. The molecule has 5 heteroatoms. The first-order chi connectivity index (χ1) is 28.3. The molecule has 0 unspecified atom stereocenters. The smallest absolute Gasteiger partial charge is 0.165 e. The van der Waals surface area contributed by atoms with E-state index in [9.17, 15) is 0 Å². The molecule has 5 nitrogen and oxygen atoms in total. The minimum absolute atomic E-state index is 0.597. The van der Waals surface area contributed by atoms with E-state index < -0.39 is 0 Å². The van der Waals surface area contributed by atoms with Gasteiger partial charge in [-0.3, -0.25) is 0 Å². The lowest BCUT2D eigenvalue weighted by atomic mass is 9.88. The minimum Gasteiger partial charge on any atom is -0.232 e. The Labute approximate surface area is 329 Å². The average Bonchev–Trinajstić information content (AvgIpc) is 3.70. The van der Waals surface area contributed by atoms with Crippen LogP contribution >= 0.6 is 0 Å². The van der Waals surface area contributed by atoms with E-state index in [-0.39, 0.29) is 0 Å². The van der Waals surface area contributed by atoms with Crippen molar-refractivity contribution < 1.29 is 0 Å². The predicted molar refractivity (Wildman–Crippen MR) is 234 cm³/mol. The highest BCUT2D eigenvalue weighted by Gasteiger charge is 2.27. The van der Waals surface area contributed by atoms with Gasteiger partial charge >= 0.3 is 0 Å². The van der Waals surface area contributed by atoms with Gasteiger partial charge in [-0.25, -0.2) is 19.6 Å². The number of fused-ring (bicyclic) bond motifs is 5. The molecule has 0 aliphatic carbocycles. The Bertz CT molecular complexity index is 3180. The number of aromatic nitrogens is 5. The number of para-hydroxylation sites is 1. The molecule has 0 N–H and O–H groups in total. The summed E-state index contributed by atoms with van der Waals surface area (Å²) in [6, 6.07) is 69.7. The summed E-state index contributed by atoms with van der Waals surface area (Å²) in [6.45, 7) is 0. The lowest BCUT2D eigenvalue weighted by Crippen LogP contribution is -2.03. The van der Waals surface area contributed by atoms with Crippen molar-refractivity contribution in [1.82, 2.24) is 24.7 Å². The summed E-state index contributed by atoms with van der Waals surface area (Å²) in [7, 11) is 0. The zero-order valence-electron chi connectivity index (χ0n) is 30.8. The van der Waals surface area contributed by atoms with Crippen LogP contribution in [0.3, 0.4) is 0 Å². The molecule has 2 heterocycles. The maximum absolute atomic E-state index is 5.45. The van der Waals surface area contributed by atoms with Crippen LogP contribution in [0.2, 0.25) is 0 Å². The second-order valence-corrected chi connectivity index (χ2v) is 14.3. The molecule has 0 bridgehead atoms. The molecular weight excluding hydrogens is 695 g/mol. The van der Waals surface area contributed by atoms with Gasteiger partial charge in [-0.05, 0) is 56.8 Å². The van der Waals surface area contributed by atoms with Gasteiger partial charge in [0, 0.05) is 38.6 Å². The van der Waals surface area contributed by atoms with Crippen molar-refractivity contribution in [2.24, 2.45) is 0 Å². The molecule has 0 fully saturated rings. The van der Waals surface area contributed by atoms with Gasteiger partial charge in [-0.2, -0.15) is 5.10 Å². The van der Waals surface area contributed by atoms with Crippen molar-refractivity contribution in [3.05, 3.63) is 200 Å². The van der Waals surface area contributed by atoms with Crippen molar-refractivity contribution in [2.75, 3.05) is 0 Å². The fourth-order valence-electron chi connectivity index (χ4n) is 8.15. The van der Waals surface area contributed by atoms with E-state index in [2.05, 4.69) is 193 Å². The Kier molecular flexibility index (Phi) is 7.74. The van der Waals surface area contributed by atoms with E-state index in [4.69, 9.17) is 20.1 Å². The van der Waals surface area contributed by atoms with Gasteiger partial charge in [-0.1, -0.05) is 176 Å². The molecule has 0 saturated carbocycles. The van der Waals surface area contributed by atoms with Crippen LogP contribution in [0, 0.1) is 0 Å². The van der Waals surface area contributed by atoms with Crippen LogP contribution in [0.5, 0.6) is 0 Å². The fourth-order valence-corrected chi connectivity index (χ4v) is 8.15. The molecule has 0 aliphatic rings. The predicted octanol–water partition coefficient (Wildman–Crippen LogP) is 13.0. The summed E-state index contributed by atoms with van der Waals surface area (Å²) >= 11 is 0. The monoisotopic (exact) mass is 727 g/mol. The van der Waals surface area contributed by atoms with Crippen molar-refractivity contribution in [2.45, 2.75) is 0 Å². The maximum atomic E-state index is 5.45. The van der Waals surface area contributed by atoms with Gasteiger partial charge in [0.25, 0.3) is 0 Å². The van der Waals surface area contributed by atoms with Crippen LogP contribution in [0.1, 0.15) is 0 Å². The van der Waals surface area contributed by atoms with Crippen LogP contribution in [-0.4, -0.2) is 24.7 Å². The highest BCUT2D eigenvalue weighted by atomic mass is 15.3. The molecule has 0 saturated heterocycles. The summed E-state index contributed by atoms with van der Waals surface area (Å²) in [5.74, 6) is 1.82. The molecule has 0 spiro atoms. The number of hydrogen-bond acceptors (Lipinski definition) is 4. The molecular formula is C52H33N5. The lowest BCUT2D eigenvalue weighted by molar-refractivity contribution is 0.918. The molecule has 11 rings (SSSR count). The number of hydrogen-bond donors (Lipinski definition) is 0. The van der Waals surface area contributed by atoms with Crippen molar-refractivity contribution >= 4 is 43.2 Å². The molecule has 0 aliphatic heterocycles. The summed E-state index contributed by atoms with van der Waals surface area (Å²) < 4.78 is 2.10. The van der Waals surface area contributed by atoms with E-state index in [0.29, 0.717) is 17.5 Å². The molecule has 2 aromatic heterocycles. The van der Waals surface area contributed by atoms with E-state index in [1.165, 1.54) is 0 Å². The van der Waals surface area contributed by atoms with Crippen molar-refractivity contribution in [1.29, 1.82) is 0 Å². The first-order valence-corrected chi connectivity index (χ1v) is 19.2. The summed E-state index contributed by atoms with van der Waals surface area (Å²) in [4.78, 5) is 16.1. The van der Waals surface area contributed by atoms with Gasteiger partial charge in [0.15, 0.2) is 17.5 Å². The zero-order valence-corrected chi connectivity index (χ0v) is 30.8. The van der Waals surface area contributed by atoms with Gasteiger partial charge in [0.05, 0.1) is 11.2 Å². The Morgan fingerprint density at radius 1 is 0.333 bits per heavy atom. The molecule has 0 amide bonds. The standard InChI is InChI=1S/C52H33N5/c1-4-18-36(19-5-1)45-46(43-26-14-15-27-44(43)49-47(45)48(37-20-6-2-7-21-37)56-57(49)42-24-8-3-9-25-42)52-54-50(40-30-28-34-16-10-12-22-38(34)32-40)53-51(55-52)41-31-29-35-17-11-13-23-39(35)33-41/h1-33H. The van der Waals surface area contributed by atoms with Crippen molar-refractivity contribution in [3.63, 3.8) is 0 Å². The van der Waals surface area contributed by atoms with E-state index in [1.807, 2.05) is 12.1 Å². The van der Waals surface area contributed by atoms with Crippen LogP contribution in [0.25, 0.3) is 105 Å². The topological polar surface area (TPSA) is 56.5 Å².